The van der Waals surface area contributed by atoms with Crippen molar-refractivity contribution in [1.82, 2.24) is 4.57 Å². The summed E-state index contributed by atoms with van der Waals surface area (Å²) in [6, 6.07) is 35.6. The van der Waals surface area contributed by atoms with Gasteiger partial charge < -0.3 is 4.57 Å². The Kier molecular flexibility index (Phi) is 3.50. The fourth-order valence-electron chi connectivity index (χ4n) is 5.15. The van der Waals surface area contributed by atoms with Crippen LogP contribution in [-0.4, -0.2) is 4.57 Å². The first kappa shape index (κ1) is 15.3. The van der Waals surface area contributed by atoms with Crippen LogP contribution < -0.4 is 0 Å². The van der Waals surface area contributed by atoms with Crippen LogP contribution in [0.4, 0.5) is 0 Å². The number of fused-ring (bicyclic) bond motifs is 4. The first-order valence-corrected chi connectivity index (χ1v) is 11.6. The van der Waals surface area contributed by atoms with E-state index in [4.69, 9.17) is 6.85 Å². The largest absolute Gasteiger partial charge is 0.309 e. The maximum Gasteiger partial charge on any atom is 0.0629 e. The molecule has 1 heteroatoms. The summed E-state index contributed by atoms with van der Waals surface area (Å²) in [7, 11) is 0. The molecule has 0 spiro atoms. The highest BCUT2D eigenvalue weighted by Gasteiger charge is 2.14. The molecule has 0 fully saturated rings. The molecule has 0 saturated carbocycles. The predicted molar refractivity (Wildman–Crippen MR) is 149 cm³/mol. The third-order valence-electron chi connectivity index (χ3n) is 6.69. The van der Waals surface area contributed by atoms with Crippen molar-refractivity contribution in [2.45, 2.75) is 0 Å². The lowest BCUT2D eigenvalue weighted by Gasteiger charge is -2.13. The lowest BCUT2D eigenvalue weighted by atomic mass is 9.91. The molecule has 0 amide bonds. The van der Waals surface area contributed by atoms with Gasteiger partial charge in [-0.15, -0.1) is 0 Å². The minimum absolute atomic E-state index is 0.195. The molecule has 1 aromatic heterocycles. The second-order valence-electron chi connectivity index (χ2n) is 8.63. The molecule has 7 aromatic rings. The fourth-order valence-corrected chi connectivity index (χ4v) is 5.15. The molecular formula is C34H23N. The van der Waals surface area contributed by atoms with E-state index >= 15 is 0 Å². The predicted octanol–water partition coefficient (Wildman–Crippen LogP) is 9.27. The average molecular weight is 451 g/mol. The van der Waals surface area contributed by atoms with Crippen molar-refractivity contribution in [1.29, 1.82) is 0 Å². The highest BCUT2D eigenvalue weighted by atomic mass is 15.0. The third-order valence-corrected chi connectivity index (χ3v) is 6.69. The molecule has 0 aliphatic rings. The first-order valence-electron chi connectivity index (χ1n) is 14.1. The first-order chi connectivity index (χ1) is 19.5. The van der Waals surface area contributed by atoms with Crippen LogP contribution in [0.1, 0.15) is 6.85 Å². The molecule has 1 heterocycles. The summed E-state index contributed by atoms with van der Waals surface area (Å²) in [5.41, 5.74) is 6.28. The van der Waals surface area contributed by atoms with Gasteiger partial charge >= 0.3 is 0 Å². The second kappa shape index (κ2) is 8.00. The van der Waals surface area contributed by atoms with E-state index in [0.717, 1.165) is 44.0 Å². The third kappa shape index (κ3) is 3.17. The molecule has 35 heavy (non-hydrogen) atoms. The van der Waals surface area contributed by atoms with Crippen LogP contribution in [0.2, 0.25) is 0 Å². The highest BCUT2D eigenvalue weighted by molar-refractivity contribution is 6.12. The highest BCUT2D eigenvalue weighted by Crippen LogP contribution is 2.39. The normalized spacial score (nSPS) is 13.4. The van der Waals surface area contributed by atoms with E-state index in [1.165, 1.54) is 5.39 Å². The second-order valence-corrected chi connectivity index (χ2v) is 8.63. The van der Waals surface area contributed by atoms with Gasteiger partial charge in [0.1, 0.15) is 0 Å². The number of aromatic nitrogens is 1. The van der Waals surface area contributed by atoms with Gasteiger partial charge in [-0.1, -0.05) is 109 Å². The Morgan fingerprint density at radius 1 is 0.457 bits per heavy atom. The average Bonchev–Trinajstić information content (AvgIpc) is 3.33. The quantitative estimate of drug-likeness (QED) is 0.253. The van der Waals surface area contributed by atoms with E-state index in [2.05, 4.69) is 59.2 Å². The van der Waals surface area contributed by atoms with Crippen LogP contribution in [0.3, 0.4) is 0 Å². The standard InChI is InChI=1S/C34H23N/c1-3-11-24(12-4-1)27-20-21-28(30-16-8-7-15-29(27)30)25-19-22-34-32(23-25)31-17-9-10-18-33(31)35(34)26-13-5-2-6-14-26/h1-23H/i1D,3D,4D,11D,12D. The number of para-hydroxylation sites is 2. The Morgan fingerprint density at radius 2 is 1.06 bits per heavy atom. The number of hydrogen-bond acceptors (Lipinski definition) is 0. The summed E-state index contributed by atoms with van der Waals surface area (Å²) in [4.78, 5) is 0. The summed E-state index contributed by atoms with van der Waals surface area (Å²) in [5.74, 6) is 0. The maximum atomic E-state index is 8.53. The molecule has 0 atom stereocenters. The summed E-state index contributed by atoms with van der Waals surface area (Å²) >= 11 is 0. The molecule has 0 radical (unpaired) electrons. The summed E-state index contributed by atoms with van der Waals surface area (Å²) < 4.78 is 43.7. The van der Waals surface area contributed by atoms with Gasteiger partial charge in [0.25, 0.3) is 0 Å². The molecule has 0 aliphatic heterocycles. The van der Waals surface area contributed by atoms with E-state index in [1.54, 1.807) is 0 Å². The van der Waals surface area contributed by atoms with Gasteiger partial charge in [0.15, 0.2) is 0 Å². The van der Waals surface area contributed by atoms with Crippen molar-refractivity contribution in [2.75, 3.05) is 0 Å². The Bertz CT molecular complexity index is 2080. The van der Waals surface area contributed by atoms with Gasteiger partial charge in [-0.3, -0.25) is 0 Å². The number of hydrogen-bond donors (Lipinski definition) is 0. The van der Waals surface area contributed by atoms with E-state index in [0.29, 0.717) is 5.56 Å². The van der Waals surface area contributed by atoms with Crippen molar-refractivity contribution in [3.8, 4) is 27.9 Å². The molecule has 6 aromatic carbocycles. The zero-order valence-corrected chi connectivity index (χ0v) is 18.8. The summed E-state index contributed by atoms with van der Waals surface area (Å²) in [6.45, 7) is 0. The number of benzene rings is 6. The van der Waals surface area contributed by atoms with E-state index in [-0.39, 0.29) is 35.8 Å². The van der Waals surface area contributed by atoms with Crippen LogP contribution in [0.15, 0.2) is 139 Å². The Hall–Kier alpha value is -4.62. The van der Waals surface area contributed by atoms with Crippen molar-refractivity contribution in [3.05, 3.63) is 139 Å². The van der Waals surface area contributed by atoms with Crippen LogP contribution in [-0.2, 0) is 0 Å². The van der Waals surface area contributed by atoms with Crippen molar-refractivity contribution in [3.63, 3.8) is 0 Å². The molecule has 0 unspecified atom stereocenters. The number of rotatable bonds is 3. The molecule has 164 valence electrons. The number of nitrogens with zero attached hydrogens (tertiary/aromatic N) is 1. The molecule has 0 bridgehead atoms. The summed E-state index contributed by atoms with van der Waals surface area (Å²) in [6.07, 6.45) is 0. The van der Waals surface area contributed by atoms with Gasteiger partial charge in [0.05, 0.1) is 17.9 Å². The van der Waals surface area contributed by atoms with Gasteiger partial charge in [0, 0.05) is 16.5 Å². The molecule has 7 rings (SSSR count). The van der Waals surface area contributed by atoms with Crippen molar-refractivity contribution < 1.29 is 6.85 Å². The SMILES string of the molecule is [2H]c1c([2H])c([2H])c(-c2ccc(-c3ccc4c(c3)c3ccccc3n4-c3ccccc3)c3ccccc23)c([2H])c1[2H]. The van der Waals surface area contributed by atoms with Crippen LogP contribution in [0.5, 0.6) is 0 Å². The van der Waals surface area contributed by atoms with Gasteiger partial charge in [0.2, 0.25) is 0 Å². The van der Waals surface area contributed by atoms with Gasteiger partial charge in [-0.2, -0.15) is 0 Å². The Balaban J connectivity index is 1.48. The maximum absolute atomic E-state index is 8.53. The lowest BCUT2D eigenvalue weighted by Crippen LogP contribution is -1.92. The van der Waals surface area contributed by atoms with Crippen molar-refractivity contribution in [2.24, 2.45) is 0 Å². The van der Waals surface area contributed by atoms with Crippen LogP contribution in [0.25, 0.3) is 60.5 Å². The summed E-state index contributed by atoms with van der Waals surface area (Å²) in [5, 5.41) is 4.11. The molecule has 0 N–H and O–H groups in total. The van der Waals surface area contributed by atoms with E-state index < -0.39 is 0 Å². The smallest absolute Gasteiger partial charge is 0.0629 e. The van der Waals surface area contributed by atoms with Crippen molar-refractivity contribution >= 4 is 32.6 Å². The van der Waals surface area contributed by atoms with Crippen LogP contribution in [0, 0.1) is 0 Å². The van der Waals surface area contributed by atoms with E-state index in [1.807, 2.05) is 54.6 Å². The molecule has 0 saturated heterocycles. The zero-order chi connectivity index (χ0) is 27.5. The Morgan fingerprint density at radius 3 is 1.80 bits per heavy atom. The monoisotopic (exact) mass is 450 g/mol. The fraction of sp³-hybridized carbons (Fsp3) is 0. The van der Waals surface area contributed by atoms with E-state index in [9.17, 15) is 0 Å². The lowest BCUT2D eigenvalue weighted by molar-refractivity contribution is 1.18. The Labute approximate surface area is 211 Å². The molecular weight excluding hydrogens is 422 g/mol. The zero-order valence-electron chi connectivity index (χ0n) is 23.8. The van der Waals surface area contributed by atoms with Crippen LogP contribution >= 0.6 is 0 Å². The minimum atomic E-state index is -0.386. The van der Waals surface area contributed by atoms with Gasteiger partial charge in [-0.25, -0.2) is 0 Å². The topological polar surface area (TPSA) is 4.93 Å². The van der Waals surface area contributed by atoms with Gasteiger partial charge in [-0.05, 0) is 63.4 Å². The minimum Gasteiger partial charge on any atom is -0.309 e. The molecule has 0 aliphatic carbocycles. The molecule has 1 nitrogen and oxygen atoms in total.